The van der Waals surface area contributed by atoms with Gasteiger partial charge in [-0.25, -0.2) is 0 Å². The average Bonchev–Trinajstić information content (AvgIpc) is 3.30. The molecule has 2 aromatic heterocycles. The standard InChI is InChI=1S/C24H22N2O4/c1-3-16-5-7-18(8-6-16)22(27)20-21(19-9-4-15(2)30-19)26(24(29)23(20)28)14-17-10-12-25-13-11-17/h4-13,21,27H,3,14H2,1-2H3/b22-20-. The van der Waals surface area contributed by atoms with Crippen molar-refractivity contribution in [1.29, 1.82) is 0 Å². The molecule has 1 atom stereocenters. The van der Waals surface area contributed by atoms with Crippen LogP contribution in [-0.2, 0) is 22.6 Å². The van der Waals surface area contributed by atoms with E-state index in [-0.39, 0.29) is 17.9 Å². The van der Waals surface area contributed by atoms with Crippen LogP contribution in [0.1, 0.15) is 41.2 Å². The minimum atomic E-state index is -0.808. The highest BCUT2D eigenvalue weighted by Gasteiger charge is 2.47. The fourth-order valence-corrected chi connectivity index (χ4v) is 3.68. The number of hydrogen-bond donors (Lipinski definition) is 1. The van der Waals surface area contributed by atoms with Crippen LogP contribution < -0.4 is 0 Å². The second-order valence-electron chi connectivity index (χ2n) is 7.28. The molecule has 30 heavy (non-hydrogen) atoms. The summed E-state index contributed by atoms with van der Waals surface area (Å²) in [7, 11) is 0. The number of aliphatic hydroxyl groups excluding tert-OH is 1. The smallest absolute Gasteiger partial charge is 0.296 e. The SMILES string of the molecule is CCc1ccc(/C(O)=C2/C(=O)C(=O)N(Cc3ccncc3)C2c2ccc(C)o2)cc1. The molecule has 152 valence electrons. The molecule has 1 aliphatic heterocycles. The van der Waals surface area contributed by atoms with Crippen LogP contribution in [0, 0.1) is 6.92 Å². The van der Waals surface area contributed by atoms with Crippen LogP contribution in [0.3, 0.4) is 0 Å². The number of hydrogen-bond acceptors (Lipinski definition) is 5. The first-order valence-electron chi connectivity index (χ1n) is 9.82. The summed E-state index contributed by atoms with van der Waals surface area (Å²) in [5.74, 6) is -0.496. The fraction of sp³-hybridized carbons (Fsp3) is 0.208. The molecular weight excluding hydrogens is 380 g/mol. The topological polar surface area (TPSA) is 83.6 Å². The lowest BCUT2D eigenvalue weighted by Gasteiger charge is -2.23. The number of Topliss-reactive ketones (excluding diaryl/α,β-unsaturated/α-hetero) is 1. The van der Waals surface area contributed by atoms with Gasteiger partial charge < -0.3 is 14.4 Å². The first kappa shape index (κ1) is 19.6. The summed E-state index contributed by atoms with van der Waals surface area (Å²) < 4.78 is 5.78. The summed E-state index contributed by atoms with van der Waals surface area (Å²) in [5, 5.41) is 11.0. The van der Waals surface area contributed by atoms with Crippen LogP contribution in [0.5, 0.6) is 0 Å². The molecule has 1 N–H and O–H groups in total. The molecule has 1 amide bonds. The summed E-state index contributed by atoms with van der Waals surface area (Å²) >= 11 is 0. The van der Waals surface area contributed by atoms with Crippen molar-refractivity contribution in [3.8, 4) is 0 Å². The van der Waals surface area contributed by atoms with E-state index in [4.69, 9.17) is 4.42 Å². The average molecular weight is 402 g/mol. The lowest BCUT2D eigenvalue weighted by Crippen LogP contribution is -2.29. The van der Waals surface area contributed by atoms with Gasteiger partial charge in [-0.2, -0.15) is 0 Å². The molecular formula is C24H22N2O4. The number of pyridine rings is 1. The molecule has 6 heteroatoms. The van der Waals surface area contributed by atoms with Crippen molar-refractivity contribution in [2.45, 2.75) is 32.9 Å². The van der Waals surface area contributed by atoms with Gasteiger partial charge in [-0.15, -0.1) is 0 Å². The number of furan rings is 1. The number of likely N-dealkylation sites (tertiary alicyclic amines) is 1. The number of ketones is 1. The fourth-order valence-electron chi connectivity index (χ4n) is 3.68. The van der Waals surface area contributed by atoms with Crippen LogP contribution in [-0.4, -0.2) is 26.7 Å². The molecule has 1 saturated heterocycles. The van der Waals surface area contributed by atoms with Gasteiger partial charge >= 0.3 is 0 Å². The Morgan fingerprint density at radius 3 is 2.33 bits per heavy atom. The molecule has 0 saturated carbocycles. The van der Waals surface area contributed by atoms with E-state index >= 15 is 0 Å². The third kappa shape index (κ3) is 3.52. The van der Waals surface area contributed by atoms with E-state index in [1.807, 2.05) is 19.1 Å². The van der Waals surface area contributed by atoms with E-state index in [0.717, 1.165) is 17.5 Å². The number of aryl methyl sites for hydroxylation is 2. The van der Waals surface area contributed by atoms with E-state index in [1.165, 1.54) is 4.90 Å². The van der Waals surface area contributed by atoms with Crippen molar-refractivity contribution in [2.24, 2.45) is 0 Å². The van der Waals surface area contributed by atoms with E-state index < -0.39 is 17.7 Å². The second-order valence-corrected chi connectivity index (χ2v) is 7.28. The Morgan fingerprint density at radius 2 is 1.73 bits per heavy atom. The number of rotatable bonds is 5. The maximum absolute atomic E-state index is 13.0. The van der Waals surface area contributed by atoms with Crippen molar-refractivity contribution in [3.63, 3.8) is 0 Å². The Balaban J connectivity index is 1.83. The number of nitrogens with zero attached hydrogens (tertiary/aromatic N) is 2. The molecule has 1 aliphatic rings. The van der Waals surface area contributed by atoms with Gasteiger partial charge in [-0.1, -0.05) is 31.2 Å². The highest BCUT2D eigenvalue weighted by molar-refractivity contribution is 6.46. The van der Waals surface area contributed by atoms with Crippen LogP contribution in [0.25, 0.3) is 5.76 Å². The zero-order chi connectivity index (χ0) is 21.3. The van der Waals surface area contributed by atoms with Crippen LogP contribution >= 0.6 is 0 Å². The Kier molecular flexibility index (Phi) is 5.23. The van der Waals surface area contributed by atoms with Gasteiger partial charge in [0.25, 0.3) is 11.7 Å². The lowest BCUT2D eigenvalue weighted by molar-refractivity contribution is -0.140. The Hall–Kier alpha value is -3.67. The highest BCUT2D eigenvalue weighted by atomic mass is 16.3. The van der Waals surface area contributed by atoms with E-state index in [2.05, 4.69) is 4.98 Å². The van der Waals surface area contributed by atoms with Gasteiger partial charge in [0, 0.05) is 24.5 Å². The number of aliphatic hydroxyl groups is 1. The molecule has 1 unspecified atom stereocenters. The monoisotopic (exact) mass is 402 g/mol. The highest BCUT2D eigenvalue weighted by Crippen LogP contribution is 2.40. The normalized spacial score (nSPS) is 18.2. The lowest BCUT2D eigenvalue weighted by atomic mass is 9.98. The third-order valence-electron chi connectivity index (χ3n) is 5.31. The molecule has 0 bridgehead atoms. The Bertz CT molecular complexity index is 1110. The van der Waals surface area contributed by atoms with Crippen molar-refractivity contribution in [1.82, 2.24) is 9.88 Å². The molecule has 0 spiro atoms. The summed E-state index contributed by atoms with van der Waals surface area (Å²) in [6.07, 6.45) is 4.13. The molecule has 4 rings (SSSR count). The maximum atomic E-state index is 13.0. The minimum Gasteiger partial charge on any atom is -0.507 e. The molecule has 3 aromatic rings. The number of carbonyl (C=O) groups is 2. The van der Waals surface area contributed by atoms with Crippen LogP contribution in [0.15, 0.2) is 70.9 Å². The van der Waals surface area contributed by atoms with Gasteiger partial charge in [-0.3, -0.25) is 14.6 Å². The number of aromatic nitrogens is 1. The Morgan fingerprint density at radius 1 is 1.03 bits per heavy atom. The summed E-state index contributed by atoms with van der Waals surface area (Å²) in [6, 6.07) is 13.6. The van der Waals surface area contributed by atoms with Crippen molar-refractivity contribution < 1.29 is 19.1 Å². The van der Waals surface area contributed by atoms with Gasteiger partial charge in [0.2, 0.25) is 0 Å². The molecule has 0 radical (unpaired) electrons. The van der Waals surface area contributed by atoms with Gasteiger partial charge in [0.15, 0.2) is 0 Å². The maximum Gasteiger partial charge on any atom is 0.296 e. The molecule has 0 aliphatic carbocycles. The van der Waals surface area contributed by atoms with Crippen LogP contribution in [0.2, 0.25) is 0 Å². The molecule has 3 heterocycles. The predicted octanol–water partition coefficient (Wildman–Crippen LogP) is 4.17. The zero-order valence-corrected chi connectivity index (χ0v) is 16.8. The van der Waals surface area contributed by atoms with Crippen molar-refractivity contribution >= 4 is 17.4 Å². The quantitative estimate of drug-likeness (QED) is 0.393. The zero-order valence-electron chi connectivity index (χ0n) is 16.8. The van der Waals surface area contributed by atoms with Crippen LogP contribution in [0.4, 0.5) is 0 Å². The summed E-state index contributed by atoms with van der Waals surface area (Å²) in [6.45, 7) is 4.03. The third-order valence-corrected chi connectivity index (χ3v) is 5.31. The van der Waals surface area contributed by atoms with E-state index in [1.54, 1.807) is 55.7 Å². The molecule has 6 nitrogen and oxygen atoms in total. The number of amides is 1. The minimum absolute atomic E-state index is 0.0349. The number of benzene rings is 1. The molecule has 1 fully saturated rings. The molecule has 1 aromatic carbocycles. The van der Waals surface area contributed by atoms with E-state index in [0.29, 0.717) is 17.1 Å². The van der Waals surface area contributed by atoms with Crippen molar-refractivity contribution in [2.75, 3.05) is 0 Å². The van der Waals surface area contributed by atoms with Gasteiger partial charge in [-0.05, 0) is 48.7 Å². The first-order valence-corrected chi connectivity index (χ1v) is 9.82. The number of carbonyl (C=O) groups excluding carboxylic acids is 2. The van der Waals surface area contributed by atoms with Gasteiger partial charge in [0.05, 0.1) is 5.57 Å². The second kappa shape index (κ2) is 7.99. The largest absolute Gasteiger partial charge is 0.507 e. The van der Waals surface area contributed by atoms with Crippen molar-refractivity contribution in [3.05, 3.63) is 94.7 Å². The first-order chi connectivity index (χ1) is 14.5. The Labute approximate surface area is 174 Å². The predicted molar refractivity (Wildman–Crippen MR) is 111 cm³/mol. The summed E-state index contributed by atoms with van der Waals surface area (Å²) in [5.41, 5.74) is 2.46. The summed E-state index contributed by atoms with van der Waals surface area (Å²) in [4.78, 5) is 31.3. The van der Waals surface area contributed by atoms with Gasteiger partial charge in [0.1, 0.15) is 23.3 Å². The van der Waals surface area contributed by atoms with E-state index in [9.17, 15) is 14.7 Å².